The van der Waals surface area contributed by atoms with E-state index in [-0.39, 0.29) is 5.41 Å². The first-order valence-corrected chi connectivity index (χ1v) is 9.08. The lowest BCUT2D eigenvalue weighted by molar-refractivity contribution is 0.347. The Balaban J connectivity index is 1.97. The summed E-state index contributed by atoms with van der Waals surface area (Å²) < 4.78 is 0. The van der Waals surface area contributed by atoms with E-state index in [1.54, 1.807) is 0 Å². The Bertz CT molecular complexity index is 811. The molecular weight excluding hydrogens is 316 g/mol. The van der Waals surface area contributed by atoms with Crippen LogP contribution in [0.5, 0.6) is 0 Å². The van der Waals surface area contributed by atoms with Crippen molar-refractivity contribution in [1.29, 1.82) is 0 Å². The predicted octanol–water partition coefficient (Wildman–Crippen LogP) is 4.40. The molecule has 0 amide bonds. The van der Waals surface area contributed by atoms with E-state index in [1.807, 2.05) is 12.3 Å². The first-order valence-electron chi connectivity index (χ1n) is 8.70. The first kappa shape index (κ1) is 15.9. The summed E-state index contributed by atoms with van der Waals surface area (Å²) in [6.45, 7) is 4.47. The van der Waals surface area contributed by atoms with Gasteiger partial charge in [0.2, 0.25) is 0 Å². The third kappa shape index (κ3) is 2.49. The highest BCUT2D eigenvalue weighted by Gasteiger charge is 2.39. The third-order valence-electron chi connectivity index (χ3n) is 5.69. The molecule has 0 fully saturated rings. The van der Waals surface area contributed by atoms with Crippen LogP contribution in [0.15, 0.2) is 48.2 Å². The molecule has 0 bridgehead atoms. The second kappa shape index (κ2) is 6.02. The minimum atomic E-state index is -0.158. The van der Waals surface area contributed by atoms with Gasteiger partial charge < -0.3 is 4.90 Å². The molecule has 1 aromatic carbocycles. The molecular formula is C21H23ClN2. The summed E-state index contributed by atoms with van der Waals surface area (Å²) in [4.78, 5) is 7.23. The Morgan fingerprint density at radius 2 is 1.96 bits per heavy atom. The van der Waals surface area contributed by atoms with E-state index in [1.165, 1.54) is 28.0 Å². The van der Waals surface area contributed by atoms with Crippen LogP contribution >= 0.6 is 11.6 Å². The fourth-order valence-corrected chi connectivity index (χ4v) is 4.49. The minimum absolute atomic E-state index is 0.158. The lowest BCUT2D eigenvalue weighted by Crippen LogP contribution is -2.35. The van der Waals surface area contributed by atoms with Crippen LogP contribution in [0.3, 0.4) is 0 Å². The molecule has 0 saturated heterocycles. The van der Waals surface area contributed by atoms with Gasteiger partial charge in [0.15, 0.2) is 0 Å². The van der Waals surface area contributed by atoms with Gasteiger partial charge in [0.05, 0.1) is 11.1 Å². The van der Waals surface area contributed by atoms with E-state index < -0.39 is 0 Å². The van der Waals surface area contributed by atoms with Gasteiger partial charge in [0, 0.05) is 24.3 Å². The van der Waals surface area contributed by atoms with Gasteiger partial charge in [-0.05, 0) is 68.1 Å². The molecule has 1 atom stereocenters. The normalized spacial score (nSPS) is 23.9. The molecule has 0 radical (unpaired) electrons. The highest BCUT2D eigenvalue weighted by atomic mass is 35.5. The Labute approximate surface area is 149 Å². The van der Waals surface area contributed by atoms with Crippen LogP contribution in [-0.4, -0.2) is 30.0 Å². The summed E-state index contributed by atoms with van der Waals surface area (Å²) in [6.07, 6.45) is 7.49. The Morgan fingerprint density at radius 3 is 2.75 bits per heavy atom. The van der Waals surface area contributed by atoms with Crippen molar-refractivity contribution in [2.24, 2.45) is 0 Å². The third-order valence-corrected chi connectivity index (χ3v) is 5.92. The van der Waals surface area contributed by atoms with Gasteiger partial charge in [-0.1, -0.05) is 35.4 Å². The number of aryl methyl sites for hydroxylation is 2. The molecule has 3 heteroatoms. The maximum absolute atomic E-state index is 6.30. The number of rotatable bonds is 1. The number of pyridine rings is 1. The largest absolute Gasteiger partial charge is 0.302 e. The van der Waals surface area contributed by atoms with E-state index in [9.17, 15) is 0 Å². The van der Waals surface area contributed by atoms with Crippen molar-refractivity contribution in [3.63, 3.8) is 0 Å². The lowest BCUT2D eigenvalue weighted by Gasteiger charge is -2.37. The molecule has 0 N–H and O–H groups in total. The summed E-state index contributed by atoms with van der Waals surface area (Å²) in [5.74, 6) is 0. The van der Waals surface area contributed by atoms with Gasteiger partial charge in [0.25, 0.3) is 0 Å². The quantitative estimate of drug-likeness (QED) is 0.716. The molecule has 124 valence electrons. The predicted molar refractivity (Wildman–Crippen MR) is 99.7 cm³/mol. The molecule has 2 aromatic rings. The Morgan fingerprint density at radius 1 is 1.12 bits per heavy atom. The van der Waals surface area contributed by atoms with Crippen LogP contribution in [-0.2, 0) is 18.3 Å². The van der Waals surface area contributed by atoms with E-state index in [4.69, 9.17) is 16.6 Å². The molecule has 4 rings (SSSR count). The number of hydrogen-bond acceptors (Lipinski definition) is 2. The molecule has 2 heterocycles. The van der Waals surface area contributed by atoms with Gasteiger partial charge in [-0.25, -0.2) is 0 Å². The van der Waals surface area contributed by atoms with E-state index in [2.05, 4.69) is 49.2 Å². The summed E-state index contributed by atoms with van der Waals surface area (Å²) in [5.41, 5.74) is 6.66. The number of hydrogen-bond donors (Lipinski definition) is 0. The van der Waals surface area contributed by atoms with Crippen molar-refractivity contribution < 1.29 is 0 Å². The molecule has 0 spiro atoms. The van der Waals surface area contributed by atoms with Crippen LogP contribution in [0.2, 0.25) is 5.02 Å². The fourth-order valence-electron chi connectivity index (χ4n) is 4.29. The van der Waals surface area contributed by atoms with Gasteiger partial charge in [-0.15, -0.1) is 0 Å². The zero-order chi connectivity index (χ0) is 16.7. The van der Waals surface area contributed by atoms with Crippen molar-refractivity contribution in [2.75, 3.05) is 20.1 Å². The number of halogens is 1. The van der Waals surface area contributed by atoms with Gasteiger partial charge in [-0.2, -0.15) is 0 Å². The summed E-state index contributed by atoms with van der Waals surface area (Å²) in [6, 6.07) is 10.7. The topological polar surface area (TPSA) is 16.1 Å². The monoisotopic (exact) mass is 338 g/mol. The van der Waals surface area contributed by atoms with Gasteiger partial charge in [0.1, 0.15) is 0 Å². The zero-order valence-electron chi connectivity index (χ0n) is 14.3. The van der Waals surface area contributed by atoms with E-state index in [0.717, 1.165) is 37.4 Å². The van der Waals surface area contributed by atoms with Crippen LogP contribution in [0.4, 0.5) is 0 Å². The van der Waals surface area contributed by atoms with Crippen LogP contribution in [0.1, 0.15) is 35.7 Å². The standard InChI is InChI=1S/C21H23ClN2/c1-21(17-9-12-24(2)13-10-17)19-8-7-18(22)14-16(19)6-5-15-4-3-11-23-20(15)21/h3-4,7-9,11,14H,5-6,10,12-13H2,1-2H3. The van der Waals surface area contributed by atoms with Gasteiger partial charge >= 0.3 is 0 Å². The fraction of sp³-hybridized carbons (Fsp3) is 0.381. The Hall–Kier alpha value is -1.64. The molecule has 0 saturated carbocycles. The number of fused-ring (bicyclic) bond motifs is 2. The highest BCUT2D eigenvalue weighted by molar-refractivity contribution is 6.30. The van der Waals surface area contributed by atoms with Crippen molar-refractivity contribution in [3.05, 3.63) is 75.6 Å². The summed E-state index contributed by atoms with van der Waals surface area (Å²) >= 11 is 6.30. The van der Waals surface area contributed by atoms with Crippen molar-refractivity contribution in [2.45, 2.75) is 31.6 Å². The molecule has 1 unspecified atom stereocenters. The Kier molecular flexibility index (Phi) is 3.98. The SMILES string of the molecule is CN1CC=C(C2(C)c3ccc(Cl)cc3CCc3cccnc32)CC1. The average Bonchev–Trinajstić information content (AvgIpc) is 2.71. The van der Waals surface area contributed by atoms with Gasteiger partial charge in [-0.3, -0.25) is 4.98 Å². The maximum Gasteiger partial charge on any atom is 0.0579 e. The minimum Gasteiger partial charge on any atom is -0.302 e. The molecule has 1 aromatic heterocycles. The number of nitrogens with zero attached hydrogens (tertiary/aromatic N) is 2. The summed E-state index contributed by atoms with van der Waals surface area (Å²) in [7, 11) is 2.18. The number of likely N-dealkylation sites (N-methyl/N-ethyl adjacent to an activating group) is 1. The van der Waals surface area contributed by atoms with E-state index in [0.29, 0.717) is 0 Å². The lowest BCUT2D eigenvalue weighted by atomic mass is 9.69. The molecule has 2 nitrogen and oxygen atoms in total. The van der Waals surface area contributed by atoms with Crippen LogP contribution < -0.4 is 0 Å². The highest BCUT2D eigenvalue weighted by Crippen LogP contribution is 2.45. The average molecular weight is 339 g/mol. The zero-order valence-corrected chi connectivity index (χ0v) is 15.1. The maximum atomic E-state index is 6.30. The molecule has 24 heavy (non-hydrogen) atoms. The van der Waals surface area contributed by atoms with Crippen LogP contribution in [0, 0.1) is 0 Å². The summed E-state index contributed by atoms with van der Waals surface area (Å²) in [5, 5.41) is 0.826. The molecule has 2 aliphatic rings. The number of benzene rings is 1. The second-order valence-corrected chi connectivity index (χ2v) is 7.62. The van der Waals surface area contributed by atoms with Crippen LogP contribution in [0.25, 0.3) is 0 Å². The van der Waals surface area contributed by atoms with E-state index >= 15 is 0 Å². The molecule has 1 aliphatic carbocycles. The molecule has 1 aliphatic heterocycles. The van der Waals surface area contributed by atoms with Crippen molar-refractivity contribution >= 4 is 11.6 Å². The number of aromatic nitrogens is 1. The second-order valence-electron chi connectivity index (χ2n) is 7.18. The smallest absolute Gasteiger partial charge is 0.0579 e. The first-order chi connectivity index (χ1) is 11.6. The van der Waals surface area contributed by atoms with Crippen molar-refractivity contribution in [1.82, 2.24) is 9.88 Å². The van der Waals surface area contributed by atoms with Crippen molar-refractivity contribution in [3.8, 4) is 0 Å².